The van der Waals surface area contributed by atoms with Crippen LogP contribution in [0.2, 0.25) is 0 Å². The van der Waals surface area contributed by atoms with E-state index in [0.29, 0.717) is 5.75 Å². The van der Waals surface area contributed by atoms with Gasteiger partial charge in [0.15, 0.2) is 0 Å². The van der Waals surface area contributed by atoms with Gasteiger partial charge in [-0.3, -0.25) is 14.9 Å². The molecular formula is C7H12N2O4S. The van der Waals surface area contributed by atoms with Gasteiger partial charge in [-0.05, 0) is 6.92 Å². The van der Waals surface area contributed by atoms with Crippen molar-refractivity contribution in [3.05, 3.63) is 0 Å². The van der Waals surface area contributed by atoms with Gasteiger partial charge < -0.3 is 10.8 Å². The standard InChI is InChI=1S/C7H12N2O4S/c1-4(6(12)9-7(8)13)14-3-2-5(10)11/h4H,2-3H2,1H3,(H,10,11)(H3,8,9,12,13). The molecule has 0 saturated heterocycles. The first-order valence-corrected chi connectivity index (χ1v) is 4.92. The number of urea groups is 1. The van der Waals surface area contributed by atoms with Gasteiger partial charge in [0, 0.05) is 5.75 Å². The summed E-state index contributed by atoms with van der Waals surface area (Å²) in [6, 6.07) is -0.902. The summed E-state index contributed by atoms with van der Waals surface area (Å²) in [5.74, 6) is -1.10. The second-order valence-corrected chi connectivity index (χ2v) is 3.96. The van der Waals surface area contributed by atoms with Gasteiger partial charge >= 0.3 is 12.0 Å². The highest BCUT2D eigenvalue weighted by molar-refractivity contribution is 8.00. The molecule has 0 radical (unpaired) electrons. The Morgan fingerprint density at radius 3 is 2.50 bits per heavy atom. The molecular weight excluding hydrogens is 208 g/mol. The van der Waals surface area contributed by atoms with Crippen molar-refractivity contribution in [2.75, 3.05) is 5.75 Å². The van der Waals surface area contributed by atoms with Crippen LogP contribution in [-0.4, -0.2) is 34.0 Å². The van der Waals surface area contributed by atoms with E-state index in [0.717, 1.165) is 11.8 Å². The summed E-state index contributed by atoms with van der Waals surface area (Å²) in [5.41, 5.74) is 4.73. The summed E-state index contributed by atoms with van der Waals surface area (Å²) in [5, 5.41) is 9.75. The quantitative estimate of drug-likeness (QED) is 0.593. The number of nitrogens with one attached hydrogen (secondary N) is 1. The molecule has 0 aromatic carbocycles. The minimum atomic E-state index is -0.917. The molecule has 0 fully saturated rings. The van der Waals surface area contributed by atoms with Crippen molar-refractivity contribution in [3.63, 3.8) is 0 Å². The summed E-state index contributed by atoms with van der Waals surface area (Å²) >= 11 is 1.15. The number of hydrogen-bond acceptors (Lipinski definition) is 4. The SMILES string of the molecule is CC(SCCC(=O)O)C(=O)NC(N)=O. The molecule has 0 spiro atoms. The Morgan fingerprint density at radius 1 is 1.50 bits per heavy atom. The maximum Gasteiger partial charge on any atom is 0.318 e. The lowest BCUT2D eigenvalue weighted by Gasteiger charge is -2.08. The number of carboxylic acid groups (broad SMARTS) is 1. The van der Waals surface area contributed by atoms with Crippen LogP contribution < -0.4 is 11.1 Å². The maximum atomic E-state index is 11.0. The molecule has 0 aromatic heterocycles. The fourth-order valence-electron chi connectivity index (χ4n) is 0.622. The number of thioether (sulfide) groups is 1. The van der Waals surface area contributed by atoms with E-state index in [1.54, 1.807) is 6.92 Å². The predicted octanol–water partition coefficient (Wildman–Crippen LogP) is -0.222. The number of hydrogen-bond donors (Lipinski definition) is 3. The van der Waals surface area contributed by atoms with Crippen LogP contribution >= 0.6 is 11.8 Å². The molecule has 14 heavy (non-hydrogen) atoms. The van der Waals surface area contributed by atoms with Gasteiger partial charge in [-0.25, -0.2) is 4.79 Å². The smallest absolute Gasteiger partial charge is 0.318 e. The average Bonchev–Trinajstić information content (AvgIpc) is 2.01. The Balaban J connectivity index is 3.72. The van der Waals surface area contributed by atoms with Crippen LogP contribution in [0.4, 0.5) is 4.79 Å². The average molecular weight is 220 g/mol. The molecule has 0 aliphatic rings. The van der Waals surface area contributed by atoms with E-state index in [1.807, 2.05) is 5.32 Å². The normalized spacial score (nSPS) is 11.8. The fraction of sp³-hybridized carbons (Fsp3) is 0.571. The van der Waals surface area contributed by atoms with Crippen molar-refractivity contribution in [2.24, 2.45) is 5.73 Å². The minimum absolute atomic E-state index is 0.0150. The van der Waals surface area contributed by atoms with Crippen LogP contribution in [0, 0.1) is 0 Å². The number of rotatable bonds is 5. The third-order valence-electron chi connectivity index (χ3n) is 1.30. The molecule has 7 heteroatoms. The summed E-state index contributed by atoms with van der Waals surface area (Å²) < 4.78 is 0. The van der Waals surface area contributed by atoms with Gasteiger partial charge in [0.05, 0.1) is 11.7 Å². The maximum absolute atomic E-state index is 11.0. The number of carbonyl (C=O) groups excluding carboxylic acids is 2. The van der Waals surface area contributed by atoms with Crippen LogP contribution in [-0.2, 0) is 9.59 Å². The number of aliphatic carboxylic acids is 1. The first-order chi connectivity index (χ1) is 6.43. The molecule has 0 aliphatic carbocycles. The second-order valence-electron chi connectivity index (χ2n) is 2.51. The van der Waals surface area contributed by atoms with Crippen molar-refractivity contribution in [1.29, 1.82) is 0 Å². The second kappa shape index (κ2) is 6.25. The van der Waals surface area contributed by atoms with Crippen molar-refractivity contribution in [3.8, 4) is 0 Å². The lowest BCUT2D eigenvalue weighted by molar-refractivity contribution is -0.136. The molecule has 0 bridgehead atoms. The van der Waals surface area contributed by atoms with Crippen LogP contribution in [0.5, 0.6) is 0 Å². The lowest BCUT2D eigenvalue weighted by atomic mass is 10.4. The van der Waals surface area contributed by atoms with Crippen molar-refractivity contribution in [2.45, 2.75) is 18.6 Å². The largest absolute Gasteiger partial charge is 0.481 e. The zero-order valence-corrected chi connectivity index (χ0v) is 8.47. The van der Waals surface area contributed by atoms with Gasteiger partial charge in [-0.15, -0.1) is 11.8 Å². The van der Waals surface area contributed by atoms with Gasteiger partial charge in [0.25, 0.3) is 0 Å². The van der Waals surface area contributed by atoms with Gasteiger partial charge in [0.1, 0.15) is 0 Å². The molecule has 3 amide bonds. The molecule has 1 unspecified atom stereocenters. The number of imide groups is 1. The molecule has 0 heterocycles. The third kappa shape index (κ3) is 6.30. The first kappa shape index (κ1) is 12.8. The zero-order chi connectivity index (χ0) is 11.1. The van der Waals surface area contributed by atoms with E-state index in [4.69, 9.17) is 10.8 Å². The van der Waals surface area contributed by atoms with Crippen molar-refractivity contribution >= 4 is 29.7 Å². The fourth-order valence-corrected chi connectivity index (χ4v) is 1.48. The molecule has 1 atom stereocenters. The summed E-state index contributed by atoms with van der Waals surface area (Å²) in [4.78, 5) is 31.5. The van der Waals surface area contributed by atoms with Gasteiger partial charge in [0.2, 0.25) is 5.91 Å². The Morgan fingerprint density at radius 2 is 2.07 bits per heavy atom. The summed E-state index contributed by atoms with van der Waals surface area (Å²) in [6.07, 6.45) is -0.0150. The van der Waals surface area contributed by atoms with Crippen molar-refractivity contribution in [1.82, 2.24) is 5.32 Å². The molecule has 0 aliphatic heterocycles. The van der Waals surface area contributed by atoms with Gasteiger partial charge in [-0.1, -0.05) is 0 Å². The van der Waals surface area contributed by atoms with E-state index in [1.165, 1.54) is 0 Å². The summed E-state index contributed by atoms with van der Waals surface area (Å²) in [7, 11) is 0. The molecule has 6 nitrogen and oxygen atoms in total. The monoisotopic (exact) mass is 220 g/mol. The van der Waals surface area contributed by atoms with E-state index in [9.17, 15) is 14.4 Å². The highest BCUT2D eigenvalue weighted by Gasteiger charge is 2.14. The Kier molecular flexibility index (Phi) is 5.70. The number of amides is 3. The lowest BCUT2D eigenvalue weighted by Crippen LogP contribution is -2.39. The van der Waals surface area contributed by atoms with E-state index in [-0.39, 0.29) is 6.42 Å². The summed E-state index contributed by atoms with van der Waals surface area (Å²) in [6.45, 7) is 1.57. The number of carboxylic acids is 1. The highest BCUT2D eigenvalue weighted by atomic mass is 32.2. The predicted molar refractivity (Wildman–Crippen MR) is 51.9 cm³/mol. The molecule has 4 N–H and O–H groups in total. The first-order valence-electron chi connectivity index (χ1n) is 3.87. The third-order valence-corrected chi connectivity index (χ3v) is 2.45. The molecule has 0 aromatic rings. The molecule has 0 rings (SSSR count). The number of carbonyl (C=O) groups is 3. The molecule has 80 valence electrons. The number of primary amides is 1. The van der Waals surface area contributed by atoms with Crippen LogP contribution in [0.3, 0.4) is 0 Å². The Labute approximate surface area is 85.2 Å². The van der Waals surface area contributed by atoms with E-state index >= 15 is 0 Å². The number of nitrogens with two attached hydrogens (primary N) is 1. The van der Waals surface area contributed by atoms with Crippen LogP contribution in [0.15, 0.2) is 0 Å². The van der Waals surface area contributed by atoms with Crippen molar-refractivity contribution < 1.29 is 19.5 Å². The highest BCUT2D eigenvalue weighted by Crippen LogP contribution is 2.11. The Bertz CT molecular complexity index is 244. The minimum Gasteiger partial charge on any atom is -0.481 e. The Hall–Kier alpha value is -1.24. The van der Waals surface area contributed by atoms with E-state index < -0.39 is 23.2 Å². The topological polar surface area (TPSA) is 109 Å². The van der Waals surface area contributed by atoms with Gasteiger partial charge in [-0.2, -0.15) is 0 Å². The molecule has 0 saturated carbocycles. The zero-order valence-electron chi connectivity index (χ0n) is 7.65. The van der Waals surface area contributed by atoms with E-state index in [2.05, 4.69) is 0 Å². The van der Waals surface area contributed by atoms with Crippen LogP contribution in [0.25, 0.3) is 0 Å². The van der Waals surface area contributed by atoms with Crippen LogP contribution in [0.1, 0.15) is 13.3 Å².